The van der Waals surface area contributed by atoms with E-state index in [1.807, 2.05) is 17.9 Å². The maximum absolute atomic E-state index is 12.3. The molecular formula is C14H16N2OS2. The Kier molecular flexibility index (Phi) is 3.66. The van der Waals surface area contributed by atoms with Crippen LogP contribution in [-0.4, -0.2) is 28.9 Å². The summed E-state index contributed by atoms with van der Waals surface area (Å²) in [6.07, 6.45) is 2.79. The van der Waals surface area contributed by atoms with Gasteiger partial charge in [0.25, 0.3) is 0 Å². The number of thiophene rings is 1. The van der Waals surface area contributed by atoms with Gasteiger partial charge in [-0.15, -0.1) is 22.7 Å². The highest BCUT2D eigenvalue weighted by atomic mass is 32.1. The monoisotopic (exact) mass is 292 g/mol. The van der Waals surface area contributed by atoms with Crippen molar-refractivity contribution in [2.24, 2.45) is 0 Å². The molecule has 1 saturated heterocycles. The fraction of sp³-hybridized carbons (Fsp3) is 0.429. The van der Waals surface area contributed by atoms with Crippen LogP contribution in [0.25, 0.3) is 10.6 Å². The van der Waals surface area contributed by atoms with Gasteiger partial charge in [-0.2, -0.15) is 0 Å². The summed E-state index contributed by atoms with van der Waals surface area (Å²) in [6, 6.07) is 4.10. The second-order valence-electron chi connectivity index (χ2n) is 4.75. The fourth-order valence-electron chi connectivity index (χ4n) is 2.41. The van der Waals surface area contributed by atoms with Crippen LogP contribution < -0.4 is 0 Å². The van der Waals surface area contributed by atoms with Crippen molar-refractivity contribution in [3.63, 3.8) is 0 Å². The molecule has 0 atom stereocenters. The van der Waals surface area contributed by atoms with Gasteiger partial charge in [0, 0.05) is 18.0 Å². The number of nitrogens with zero attached hydrogens (tertiary/aromatic N) is 2. The molecule has 1 aliphatic rings. The van der Waals surface area contributed by atoms with Gasteiger partial charge in [0.05, 0.1) is 22.0 Å². The van der Waals surface area contributed by atoms with Gasteiger partial charge in [-0.05, 0) is 31.2 Å². The number of hydrogen-bond donors (Lipinski definition) is 0. The number of carbonyl (C=O) groups is 1. The molecule has 0 radical (unpaired) electrons. The first kappa shape index (κ1) is 12.8. The highest BCUT2D eigenvalue weighted by Gasteiger charge is 2.21. The number of amides is 1. The Bertz CT molecular complexity index is 568. The maximum Gasteiger partial charge on any atom is 0.227 e. The lowest BCUT2D eigenvalue weighted by atomic mass is 10.2. The Hall–Kier alpha value is -1.20. The standard InChI is InChI=1S/C14H16N2OS2/c1-10-15-14(11-5-4-8-18-11)12(19-10)9-13(17)16-6-2-3-7-16/h4-5,8H,2-3,6-7,9H2,1H3. The number of thiazole rings is 1. The summed E-state index contributed by atoms with van der Waals surface area (Å²) in [5.74, 6) is 0.249. The van der Waals surface area contributed by atoms with Crippen LogP contribution >= 0.6 is 22.7 Å². The van der Waals surface area contributed by atoms with E-state index in [9.17, 15) is 4.79 Å². The predicted molar refractivity (Wildman–Crippen MR) is 79.7 cm³/mol. The first-order valence-corrected chi connectivity index (χ1v) is 8.21. The topological polar surface area (TPSA) is 33.2 Å². The van der Waals surface area contributed by atoms with Crippen molar-refractivity contribution in [1.82, 2.24) is 9.88 Å². The molecule has 1 aliphatic heterocycles. The van der Waals surface area contributed by atoms with E-state index in [0.717, 1.165) is 46.4 Å². The molecule has 0 aromatic carbocycles. The van der Waals surface area contributed by atoms with Gasteiger partial charge in [0.1, 0.15) is 0 Å². The van der Waals surface area contributed by atoms with Crippen molar-refractivity contribution in [3.05, 3.63) is 27.4 Å². The number of likely N-dealkylation sites (tertiary alicyclic amines) is 1. The van der Waals surface area contributed by atoms with E-state index in [1.54, 1.807) is 22.7 Å². The largest absolute Gasteiger partial charge is 0.342 e. The van der Waals surface area contributed by atoms with E-state index >= 15 is 0 Å². The molecular weight excluding hydrogens is 276 g/mol. The first-order valence-electron chi connectivity index (χ1n) is 6.52. The molecule has 1 amide bonds. The molecule has 0 aliphatic carbocycles. The number of carbonyl (C=O) groups excluding carboxylic acids is 1. The molecule has 0 N–H and O–H groups in total. The SMILES string of the molecule is Cc1nc(-c2cccs2)c(CC(=O)N2CCCC2)s1. The lowest BCUT2D eigenvalue weighted by Gasteiger charge is -2.14. The van der Waals surface area contributed by atoms with Crippen LogP contribution in [-0.2, 0) is 11.2 Å². The summed E-state index contributed by atoms with van der Waals surface area (Å²) in [6.45, 7) is 3.85. The van der Waals surface area contributed by atoms with Crippen molar-refractivity contribution in [3.8, 4) is 10.6 Å². The molecule has 0 bridgehead atoms. The van der Waals surface area contributed by atoms with Crippen molar-refractivity contribution in [1.29, 1.82) is 0 Å². The Morgan fingerprint density at radius 3 is 2.89 bits per heavy atom. The van der Waals surface area contributed by atoms with Crippen LogP contribution in [0.4, 0.5) is 0 Å². The zero-order valence-corrected chi connectivity index (χ0v) is 12.5. The van der Waals surface area contributed by atoms with Gasteiger partial charge in [0.2, 0.25) is 5.91 Å². The second kappa shape index (κ2) is 5.43. The van der Waals surface area contributed by atoms with Gasteiger partial charge in [-0.25, -0.2) is 4.98 Å². The summed E-state index contributed by atoms with van der Waals surface area (Å²) in [4.78, 5) is 21.1. The Morgan fingerprint density at radius 2 is 2.21 bits per heavy atom. The van der Waals surface area contributed by atoms with Crippen LogP contribution in [0.5, 0.6) is 0 Å². The van der Waals surface area contributed by atoms with Gasteiger partial charge >= 0.3 is 0 Å². The Balaban J connectivity index is 1.82. The summed E-state index contributed by atoms with van der Waals surface area (Å²) in [5, 5.41) is 3.09. The van der Waals surface area contributed by atoms with E-state index in [0.29, 0.717) is 6.42 Å². The minimum absolute atomic E-state index is 0.249. The quantitative estimate of drug-likeness (QED) is 0.869. The smallest absolute Gasteiger partial charge is 0.227 e. The van der Waals surface area contributed by atoms with E-state index < -0.39 is 0 Å². The molecule has 3 nitrogen and oxygen atoms in total. The predicted octanol–water partition coefficient (Wildman–Crippen LogP) is 3.34. The van der Waals surface area contributed by atoms with Gasteiger partial charge in [0.15, 0.2) is 0 Å². The molecule has 0 unspecified atom stereocenters. The van der Waals surface area contributed by atoms with E-state index in [4.69, 9.17) is 0 Å². The molecule has 0 spiro atoms. The van der Waals surface area contributed by atoms with E-state index in [-0.39, 0.29) is 5.91 Å². The molecule has 19 heavy (non-hydrogen) atoms. The first-order chi connectivity index (χ1) is 9.24. The van der Waals surface area contributed by atoms with Gasteiger partial charge in [-0.1, -0.05) is 6.07 Å². The maximum atomic E-state index is 12.3. The minimum atomic E-state index is 0.249. The highest BCUT2D eigenvalue weighted by Crippen LogP contribution is 2.32. The van der Waals surface area contributed by atoms with Crippen molar-refractivity contribution >= 4 is 28.6 Å². The fourth-order valence-corrected chi connectivity index (χ4v) is 4.16. The van der Waals surface area contributed by atoms with Crippen LogP contribution in [0.3, 0.4) is 0 Å². The van der Waals surface area contributed by atoms with Gasteiger partial charge in [-0.3, -0.25) is 4.79 Å². The molecule has 0 saturated carbocycles. The summed E-state index contributed by atoms with van der Waals surface area (Å²) in [7, 11) is 0. The molecule has 5 heteroatoms. The molecule has 100 valence electrons. The molecule has 3 heterocycles. The van der Waals surface area contributed by atoms with Crippen molar-refractivity contribution in [2.75, 3.05) is 13.1 Å². The Labute approximate surface area is 120 Å². The third-order valence-electron chi connectivity index (χ3n) is 3.33. The number of aryl methyl sites for hydroxylation is 1. The second-order valence-corrected chi connectivity index (χ2v) is 6.98. The number of rotatable bonds is 3. The summed E-state index contributed by atoms with van der Waals surface area (Å²) < 4.78 is 0. The lowest BCUT2D eigenvalue weighted by molar-refractivity contribution is -0.129. The molecule has 1 fully saturated rings. The zero-order valence-electron chi connectivity index (χ0n) is 10.9. The summed E-state index contributed by atoms with van der Waals surface area (Å²) in [5.41, 5.74) is 1.00. The van der Waals surface area contributed by atoms with Crippen molar-refractivity contribution < 1.29 is 4.79 Å². The van der Waals surface area contributed by atoms with Crippen LogP contribution in [0.1, 0.15) is 22.7 Å². The van der Waals surface area contributed by atoms with Crippen molar-refractivity contribution in [2.45, 2.75) is 26.2 Å². The van der Waals surface area contributed by atoms with Crippen LogP contribution in [0.15, 0.2) is 17.5 Å². The normalized spacial score (nSPS) is 15.1. The third kappa shape index (κ3) is 2.72. The molecule has 3 rings (SSSR count). The van der Waals surface area contributed by atoms with Crippen LogP contribution in [0.2, 0.25) is 0 Å². The van der Waals surface area contributed by atoms with Gasteiger partial charge < -0.3 is 4.90 Å². The molecule has 2 aromatic rings. The Morgan fingerprint density at radius 1 is 1.42 bits per heavy atom. The zero-order chi connectivity index (χ0) is 13.2. The highest BCUT2D eigenvalue weighted by molar-refractivity contribution is 7.15. The third-order valence-corrected chi connectivity index (χ3v) is 5.18. The number of aromatic nitrogens is 1. The average Bonchev–Trinajstić information content (AvgIpc) is 3.09. The average molecular weight is 292 g/mol. The van der Waals surface area contributed by atoms with E-state index in [2.05, 4.69) is 16.4 Å². The minimum Gasteiger partial charge on any atom is -0.342 e. The summed E-state index contributed by atoms with van der Waals surface area (Å²) >= 11 is 3.33. The molecule has 2 aromatic heterocycles. The lowest BCUT2D eigenvalue weighted by Crippen LogP contribution is -2.28. The van der Waals surface area contributed by atoms with Crippen LogP contribution in [0, 0.1) is 6.92 Å². The number of hydrogen-bond acceptors (Lipinski definition) is 4. The van der Waals surface area contributed by atoms with E-state index in [1.165, 1.54) is 0 Å².